The molecular formula is C36H62O10. The van der Waals surface area contributed by atoms with E-state index in [0.717, 1.165) is 65.0 Å². The zero-order valence-electron chi connectivity index (χ0n) is 28.6. The summed E-state index contributed by atoms with van der Waals surface area (Å²) in [4.78, 5) is 0. The van der Waals surface area contributed by atoms with Gasteiger partial charge in [-0.2, -0.15) is 0 Å². The maximum absolute atomic E-state index is 6.40. The molecule has 0 radical (unpaired) electrons. The van der Waals surface area contributed by atoms with Crippen LogP contribution in [0.4, 0.5) is 0 Å². The van der Waals surface area contributed by atoms with E-state index in [1.54, 1.807) is 0 Å². The summed E-state index contributed by atoms with van der Waals surface area (Å²) in [5.74, 6) is 2.66. The number of hydrogen-bond donors (Lipinski definition) is 0. The van der Waals surface area contributed by atoms with Gasteiger partial charge in [0.05, 0.1) is 90.5 Å². The van der Waals surface area contributed by atoms with Crippen LogP contribution in [0.5, 0.6) is 0 Å². The van der Waals surface area contributed by atoms with Crippen molar-refractivity contribution in [2.45, 2.75) is 140 Å². The fraction of sp³-hybridized carbons (Fsp3) is 1.00. The molecule has 0 N–H and O–H groups in total. The van der Waals surface area contributed by atoms with Crippen LogP contribution in [0.25, 0.3) is 0 Å². The van der Waals surface area contributed by atoms with Gasteiger partial charge in [-0.05, 0) is 102 Å². The third-order valence-electron chi connectivity index (χ3n) is 11.2. The Bertz CT molecular complexity index is 787. The third kappa shape index (κ3) is 11.6. The lowest BCUT2D eigenvalue weighted by molar-refractivity contribution is -0.198. The van der Waals surface area contributed by atoms with Gasteiger partial charge in [-0.3, -0.25) is 0 Å². The molecule has 12 atom stereocenters. The first-order valence-corrected chi connectivity index (χ1v) is 18.8. The van der Waals surface area contributed by atoms with Gasteiger partial charge in [0.15, 0.2) is 12.6 Å². The summed E-state index contributed by atoms with van der Waals surface area (Å²) >= 11 is 0. The van der Waals surface area contributed by atoms with Crippen LogP contribution < -0.4 is 0 Å². The lowest BCUT2D eigenvalue weighted by Gasteiger charge is -2.44. The maximum atomic E-state index is 6.40. The number of fused-ring (bicyclic) bond motifs is 2. The second-order valence-corrected chi connectivity index (χ2v) is 14.6. The van der Waals surface area contributed by atoms with Crippen LogP contribution in [0.2, 0.25) is 0 Å². The molecule has 0 aromatic rings. The van der Waals surface area contributed by atoms with Crippen molar-refractivity contribution < 1.29 is 47.4 Å². The van der Waals surface area contributed by atoms with Crippen molar-refractivity contribution in [2.75, 3.05) is 66.1 Å². The quantitative estimate of drug-likeness (QED) is 0.0924. The highest BCUT2D eigenvalue weighted by Crippen LogP contribution is 2.44. The van der Waals surface area contributed by atoms with Crippen LogP contribution >= 0.6 is 0 Å². The van der Waals surface area contributed by atoms with E-state index in [4.69, 9.17) is 47.4 Å². The first-order valence-electron chi connectivity index (χ1n) is 18.8. The molecule has 266 valence electrons. The van der Waals surface area contributed by atoms with E-state index in [2.05, 4.69) is 0 Å². The monoisotopic (exact) mass is 654 g/mol. The highest BCUT2D eigenvalue weighted by Gasteiger charge is 2.41. The average molecular weight is 655 g/mol. The van der Waals surface area contributed by atoms with Gasteiger partial charge < -0.3 is 47.4 Å². The smallest absolute Gasteiger partial charge is 0.155 e. The van der Waals surface area contributed by atoms with E-state index >= 15 is 0 Å². The van der Waals surface area contributed by atoms with Gasteiger partial charge in [-0.25, -0.2) is 0 Å². The molecule has 0 amide bonds. The number of epoxide rings is 2. The van der Waals surface area contributed by atoms with Crippen molar-refractivity contribution in [1.82, 2.24) is 0 Å². The molecule has 6 rings (SSSR count). The Morgan fingerprint density at radius 3 is 1.41 bits per heavy atom. The summed E-state index contributed by atoms with van der Waals surface area (Å²) in [6.45, 7) is 10.5. The summed E-state index contributed by atoms with van der Waals surface area (Å²) < 4.78 is 59.0. The normalized spacial score (nSPS) is 38.5. The molecule has 0 aromatic heterocycles. The van der Waals surface area contributed by atoms with Gasteiger partial charge in [-0.15, -0.1) is 0 Å². The molecule has 0 bridgehead atoms. The summed E-state index contributed by atoms with van der Waals surface area (Å²) in [6.07, 6.45) is 15.9. The summed E-state index contributed by atoms with van der Waals surface area (Å²) in [7, 11) is 0. The lowest BCUT2D eigenvalue weighted by Crippen LogP contribution is -2.42. The number of hydrogen-bond acceptors (Lipinski definition) is 10. The van der Waals surface area contributed by atoms with Crippen molar-refractivity contribution in [3.8, 4) is 0 Å². The van der Waals surface area contributed by atoms with Gasteiger partial charge in [-0.1, -0.05) is 12.8 Å². The molecule has 12 unspecified atom stereocenters. The summed E-state index contributed by atoms with van der Waals surface area (Å²) in [6, 6.07) is 0. The molecule has 0 spiro atoms. The fourth-order valence-corrected chi connectivity index (χ4v) is 8.62. The molecular weight excluding hydrogens is 592 g/mol. The minimum absolute atomic E-state index is 0.220. The molecule has 6 aliphatic rings. The zero-order valence-corrected chi connectivity index (χ0v) is 28.6. The fourth-order valence-electron chi connectivity index (χ4n) is 8.62. The van der Waals surface area contributed by atoms with E-state index in [9.17, 15) is 0 Å². The first-order chi connectivity index (χ1) is 22.6. The van der Waals surface area contributed by atoms with Crippen LogP contribution in [-0.2, 0) is 47.4 Å². The Morgan fingerprint density at radius 2 is 0.978 bits per heavy atom. The molecule has 0 aromatic carbocycles. The van der Waals surface area contributed by atoms with Crippen molar-refractivity contribution in [3.63, 3.8) is 0 Å². The molecule has 2 heterocycles. The van der Waals surface area contributed by atoms with Crippen molar-refractivity contribution in [3.05, 3.63) is 0 Å². The van der Waals surface area contributed by atoms with E-state index < -0.39 is 0 Å². The Morgan fingerprint density at radius 1 is 0.543 bits per heavy atom. The standard InChI is InChI=1S/C36H62O10/c1-25(45-35-7-3-5-27-19-29(9-11-33(27)35)41-21-31-23-43-31)39-17-15-37-13-14-38-16-18-40-26(2)46-36-8-4-6-28-20-30(10-12-34(28)36)42-22-32-24-44-32/h25-36H,3-24H2,1-2H3. The van der Waals surface area contributed by atoms with Gasteiger partial charge in [0, 0.05) is 0 Å². The Hall–Kier alpha value is -0.400. The highest BCUT2D eigenvalue weighted by atomic mass is 16.7. The Balaban J connectivity index is 0.741. The van der Waals surface area contributed by atoms with Gasteiger partial charge >= 0.3 is 0 Å². The van der Waals surface area contributed by atoms with Crippen LogP contribution in [0.3, 0.4) is 0 Å². The van der Waals surface area contributed by atoms with E-state index in [0.29, 0.717) is 99.9 Å². The summed E-state index contributed by atoms with van der Waals surface area (Å²) in [5.41, 5.74) is 0. The van der Waals surface area contributed by atoms with Crippen LogP contribution in [0.1, 0.15) is 90.9 Å². The van der Waals surface area contributed by atoms with Gasteiger partial charge in [0.25, 0.3) is 0 Å². The Labute approximate surface area is 277 Å². The van der Waals surface area contributed by atoms with Gasteiger partial charge in [0.2, 0.25) is 0 Å². The molecule has 2 aliphatic heterocycles. The predicted octanol–water partition coefficient (Wildman–Crippen LogP) is 5.28. The minimum Gasteiger partial charge on any atom is -0.377 e. The molecule has 10 heteroatoms. The molecule has 10 nitrogen and oxygen atoms in total. The van der Waals surface area contributed by atoms with Crippen molar-refractivity contribution >= 4 is 0 Å². The second-order valence-electron chi connectivity index (χ2n) is 14.6. The van der Waals surface area contributed by atoms with Crippen LogP contribution in [0.15, 0.2) is 0 Å². The molecule has 46 heavy (non-hydrogen) atoms. The maximum Gasteiger partial charge on any atom is 0.155 e. The predicted molar refractivity (Wildman–Crippen MR) is 171 cm³/mol. The minimum atomic E-state index is -0.220. The van der Waals surface area contributed by atoms with Crippen molar-refractivity contribution in [2.24, 2.45) is 23.7 Å². The highest BCUT2D eigenvalue weighted by molar-refractivity contribution is 4.91. The number of rotatable bonds is 21. The third-order valence-corrected chi connectivity index (χ3v) is 11.2. The van der Waals surface area contributed by atoms with Crippen LogP contribution in [-0.4, -0.2) is 115 Å². The van der Waals surface area contributed by atoms with Crippen molar-refractivity contribution in [1.29, 1.82) is 0 Å². The summed E-state index contributed by atoms with van der Waals surface area (Å²) in [5, 5.41) is 0. The van der Waals surface area contributed by atoms with E-state index in [1.807, 2.05) is 13.8 Å². The van der Waals surface area contributed by atoms with Crippen LogP contribution in [0, 0.1) is 23.7 Å². The van der Waals surface area contributed by atoms with E-state index in [1.165, 1.54) is 38.5 Å². The SMILES string of the molecule is CC(OCCOCCOCCOC(C)OC1CCCC2CC(OCC3CO3)CCC21)OC1CCCC2CC(OCC3CO3)CCC21. The second kappa shape index (κ2) is 18.6. The first kappa shape index (κ1) is 35.4. The number of ether oxygens (including phenoxy) is 10. The largest absolute Gasteiger partial charge is 0.377 e. The molecule has 4 aliphatic carbocycles. The van der Waals surface area contributed by atoms with Gasteiger partial charge in [0.1, 0.15) is 12.2 Å². The average Bonchev–Trinajstić information content (AvgIpc) is 4.00. The van der Waals surface area contributed by atoms with E-state index in [-0.39, 0.29) is 12.6 Å². The molecule has 4 saturated carbocycles. The molecule has 2 saturated heterocycles. The zero-order chi connectivity index (χ0) is 31.6. The lowest BCUT2D eigenvalue weighted by atomic mass is 9.68. The Kier molecular flexibility index (Phi) is 14.3. The molecule has 6 fully saturated rings. The topological polar surface area (TPSA) is 98.9 Å².